The Hall–Kier alpha value is -2.63. The second-order valence-corrected chi connectivity index (χ2v) is 7.09. The third kappa shape index (κ3) is 3.16. The van der Waals surface area contributed by atoms with E-state index < -0.39 is 0 Å². The van der Waals surface area contributed by atoms with Crippen LogP contribution in [0.3, 0.4) is 0 Å². The zero-order chi connectivity index (χ0) is 17.4. The molecule has 4 heterocycles. The van der Waals surface area contributed by atoms with Crippen molar-refractivity contribution >= 4 is 11.6 Å². The number of likely N-dealkylation sites (tertiary alicyclic amines) is 1. The molecule has 0 bridgehead atoms. The smallest absolute Gasteiger partial charge is 0.274 e. The Labute approximate surface area is 146 Å². The van der Waals surface area contributed by atoms with E-state index in [1.165, 1.54) is 11.3 Å². The predicted octanol–water partition coefficient (Wildman–Crippen LogP) is 2.77. The molecule has 25 heavy (non-hydrogen) atoms. The molecular weight excluding hydrogens is 314 g/mol. The number of carbonyl (C=O) groups is 1. The predicted molar refractivity (Wildman–Crippen MR) is 95.6 cm³/mol. The first-order chi connectivity index (χ1) is 12.1. The van der Waals surface area contributed by atoms with E-state index >= 15 is 0 Å². The molecule has 3 aromatic rings. The number of piperidine rings is 1. The highest BCUT2D eigenvalue weighted by Gasteiger charge is 2.26. The number of carbonyl (C=O) groups excluding carboxylic acids is 1. The van der Waals surface area contributed by atoms with Gasteiger partial charge in [-0.15, -0.1) is 0 Å². The Bertz CT molecular complexity index is 910. The highest BCUT2D eigenvalue weighted by molar-refractivity contribution is 5.93. The molecule has 1 fully saturated rings. The van der Waals surface area contributed by atoms with Crippen LogP contribution in [-0.2, 0) is 6.42 Å². The topological polar surface area (TPSA) is 66.3 Å². The lowest BCUT2D eigenvalue weighted by atomic mass is 9.92. The lowest BCUT2D eigenvalue weighted by molar-refractivity contribution is 0.0667. The van der Waals surface area contributed by atoms with Gasteiger partial charge in [-0.1, -0.05) is 6.07 Å². The van der Waals surface area contributed by atoms with Crippen molar-refractivity contribution in [2.24, 2.45) is 5.92 Å². The van der Waals surface area contributed by atoms with Crippen LogP contribution in [0.25, 0.3) is 5.65 Å². The van der Waals surface area contributed by atoms with Crippen molar-refractivity contribution in [2.45, 2.75) is 33.1 Å². The molecule has 1 aliphatic rings. The zero-order valence-corrected chi connectivity index (χ0v) is 14.7. The summed E-state index contributed by atoms with van der Waals surface area (Å²) in [5, 5.41) is 7.18. The molecule has 0 spiro atoms. The highest BCUT2D eigenvalue weighted by atomic mass is 16.2. The summed E-state index contributed by atoms with van der Waals surface area (Å²) in [6.07, 6.45) is 8.83. The minimum absolute atomic E-state index is 0.0346. The van der Waals surface area contributed by atoms with E-state index in [-0.39, 0.29) is 5.91 Å². The molecular formula is C19H23N5O. The first-order valence-electron chi connectivity index (χ1n) is 8.83. The van der Waals surface area contributed by atoms with Crippen molar-refractivity contribution in [3.63, 3.8) is 0 Å². The SMILES string of the molecule is Cc1ccc2nc(C(=O)N3CCCC(Cc4[nH]ncc4C)C3)cn2c1. The number of aromatic amines is 1. The fourth-order valence-corrected chi connectivity index (χ4v) is 3.65. The van der Waals surface area contributed by atoms with Crippen LogP contribution in [0.15, 0.2) is 30.7 Å². The summed E-state index contributed by atoms with van der Waals surface area (Å²) in [6.45, 7) is 5.70. The summed E-state index contributed by atoms with van der Waals surface area (Å²) in [7, 11) is 0. The monoisotopic (exact) mass is 337 g/mol. The van der Waals surface area contributed by atoms with Gasteiger partial charge < -0.3 is 9.30 Å². The normalized spacial score (nSPS) is 18.0. The van der Waals surface area contributed by atoms with Crippen molar-refractivity contribution in [1.29, 1.82) is 0 Å². The number of nitrogens with zero attached hydrogens (tertiary/aromatic N) is 4. The van der Waals surface area contributed by atoms with Crippen molar-refractivity contribution in [1.82, 2.24) is 24.5 Å². The maximum Gasteiger partial charge on any atom is 0.274 e. The van der Waals surface area contributed by atoms with Gasteiger partial charge in [-0.25, -0.2) is 4.98 Å². The molecule has 4 rings (SSSR count). The number of fused-ring (bicyclic) bond motifs is 1. The van der Waals surface area contributed by atoms with Crippen LogP contribution in [0.5, 0.6) is 0 Å². The Balaban J connectivity index is 1.49. The van der Waals surface area contributed by atoms with Gasteiger partial charge in [0.15, 0.2) is 0 Å². The first-order valence-corrected chi connectivity index (χ1v) is 8.83. The van der Waals surface area contributed by atoms with Gasteiger partial charge >= 0.3 is 0 Å². The Kier molecular flexibility index (Phi) is 4.03. The standard InChI is InChI=1S/C19H23N5O/c1-13-5-6-18-21-17(12-24(18)10-13)19(25)23-7-3-4-15(11-23)8-16-14(2)9-20-22-16/h5-6,9-10,12,15H,3-4,7-8,11H2,1-2H3,(H,20,22). The molecule has 1 amide bonds. The summed E-state index contributed by atoms with van der Waals surface area (Å²) in [4.78, 5) is 19.4. The van der Waals surface area contributed by atoms with Gasteiger partial charge in [0.1, 0.15) is 11.3 Å². The van der Waals surface area contributed by atoms with E-state index in [9.17, 15) is 4.79 Å². The Morgan fingerprint density at radius 3 is 3.00 bits per heavy atom. The molecule has 6 heteroatoms. The number of H-pyrrole nitrogens is 1. The summed E-state index contributed by atoms with van der Waals surface area (Å²) in [6, 6.07) is 3.96. The van der Waals surface area contributed by atoms with Gasteiger partial charge in [-0.05, 0) is 56.2 Å². The van der Waals surface area contributed by atoms with Crippen molar-refractivity contribution < 1.29 is 4.79 Å². The summed E-state index contributed by atoms with van der Waals surface area (Å²) < 4.78 is 1.93. The largest absolute Gasteiger partial charge is 0.337 e. The summed E-state index contributed by atoms with van der Waals surface area (Å²) in [5.41, 5.74) is 4.87. The maximum atomic E-state index is 12.9. The van der Waals surface area contributed by atoms with Gasteiger partial charge in [-0.3, -0.25) is 9.89 Å². The lowest BCUT2D eigenvalue weighted by Crippen LogP contribution is -2.40. The van der Waals surface area contributed by atoms with Gasteiger partial charge in [0.2, 0.25) is 0 Å². The van der Waals surface area contributed by atoms with E-state index in [1.54, 1.807) is 0 Å². The minimum Gasteiger partial charge on any atom is -0.337 e. The minimum atomic E-state index is 0.0346. The number of nitrogens with one attached hydrogen (secondary N) is 1. The van der Waals surface area contributed by atoms with Gasteiger partial charge in [0.25, 0.3) is 5.91 Å². The van der Waals surface area contributed by atoms with E-state index in [0.29, 0.717) is 11.6 Å². The van der Waals surface area contributed by atoms with Gasteiger partial charge in [-0.2, -0.15) is 5.10 Å². The fourth-order valence-electron chi connectivity index (χ4n) is 3.65. The van der Waals surface area contributed by atoms with E-state index in [2.05, 4.69) is 22.1 Å². The first kappa shape index (κ1) is 15.9. The number of hydrogen-bond donors (Lipinski definition) is 1. The Morgan fingerprint density at radius 1 is 1.32 bits per heavy atom. The van der Waals surface area contributed by atoms with E-state index in [1.807, 2.05) is 46.9 Å². The van der Waals surface area contributed by atoms with Gasteiger partial charge in [0.05, 0.1) is 6.20 Å². The zero-order valence-electron chi connectivity index (χ0n) is 14.7. The maximum absolute atomic E-state index is 12.9. The summed E-state index contributed by atoms with van der Waals surface area (Å²) >= 11 is 0. The number of pyridine rings is 1. The highest BCUT2D eigenvalue weighted by Crippen LogP contribution is 2.22. The second-order valence-electron chi connectivity index (χ2n) is 7.09. The molecule has 0 saturated carbocycles. The van der Waals surface area contributed by atoms with E-state index in [0.717, 1.165) is 43.6 Å². The lowest BCUT2D eigenvalue weighted by Gasteiger charge is -2.32. The van der Waals surface area contributed by atoms with Crippen LogP contribution in [-0.4, -0.2) is 43.5 Å². The molecule has 1 saturated heterocycles. The van der Waals surface area contributed by atoms with Gasteiger partial charge in [0, 0.05) is 31.2 Å². The third-order valence-electron chi connectivity index (χ3n) is 5.05. The molecule has 0 radical (unpaired) electrons. The number of aryl methyl sites for hydroxylation is 2. The quantitative estimate of drug-likeness (QED) is 0.799. The van der Waals surface area contributed by atoms with Crippen molar-refractivity contribution in [2.75, 3.05) is 13.1 Å². The fraction of sp³-hybridized carbons (Fsp3) is 0.421. The molecule has 1 atom stereocenters. The van der Waals surface area contributed by atoms with Crippen LogP contribution in [0, 0.1) is 19.8 Å². The van der Waals surface area contributed by atoms with Crippen LogP contribution in [0.4, 0.5) is 0 Å². The third-order valence-corrected chi connectivity index (χ3v) is 5.05. The van der Waals surface area contributed by atoms with Crippen molar-refractivity contribution in [3.05, 3.63) is 53.2 Å². The van der Waals surface area contributed by atoms with Crippen LogP contribution < -0.4 is 0 Å². The van der Waals surface area contributed by atoms with Crippen LogP contribution in [0.1, 0.15) is 40.2 Å². The van der Waals surface area contributed by atoms with Crippen molar-refractivity contribution in [3.8, 4) is 0 Å². The number of aromatic nitrogens is 4. The number of amides is 1. The molecule has 1 unspecified atom stereocenters. The second kappa shape index (κ2) is 6.35. The molecule has 0 aliphatic carbocycles. The van der Waals surface area contributed by atoms with Crippen LogP contribution in [0.2, 0.25) is 0 Å². The Morgan fingerprint density at radius 2 is 2.20 bits per heavy atom. The number of hydrogen-bond acceptors (Lipinski definition) is 3. The summed E-state index contributed by atoms with van der Waals surface area (Å²) in [5.74, 6) is 0.503. The average molecular weight is 337 g/mol. The van der Waals surface area contributed by atoms with E-state index in [4.69, 9.17) is 0 Å². The molecule has 0 aromatic carbocycles. The molecule has 130 valence electrons. The molecule has 1 N–H and O–H groups in total. The number of imidazole rings is 1. The average Bonchev–Trinajstić information content (AvgIpc) is 3.20. The molecule has 1 aliphatic heterocycles. The number of rotatable bonds is 3. The molecule has 3 aromatic heterocycles. The molecule has 6 nitrogen and oxygen atoms in total. The van der Waals surface area contributed by atoms with Crippen LogP contribution >= 0.6 is 0 Å².